The molecule has 1 nitrogen and oxygen atoms in total. The molecule has 0 bridgehead atoms. The SMILES string of the molecule is C=C(C)CC12C(c3ccc(O)cc3)CCCC1C(C)(C)C(C)C2(C)C. The molecule has 25 heavy (non-hydrogen) atoms. The van der Waals surface area contributed by atoms with Crippen LogP contribution in [0.5, 0.6) is 5.75 Å². The first-order chi connectivity index (χ1) is 11.5. The predicted octanol–water partition coefficient (Wildman–Crippen LogP) is 6.93. The molecule has 1 N–H and O–H groups in total. The number of fused-ring (bicyclic) bond motifs is 1. The van der Waals surface area contributed by atoms with Crippen LogP contribution in [-0.2, 0) is 0 Å². The smallest absolute Gasteiger partial charge is 0.115 e. The van der Waals surface area contributed by atoms with Gasteiger partial charge in [0.1, 0.15) is 5.75 Å². The van der Waals surface area contributed by atoms with Crippen LogP contribution >= 0.6 is 0 Å². The van der Waals surface area contributed by atoms with Gasteiger partial charge in [-0.15, -0.1) is 6.58 Å². The number of phenolic OH excluding ortho intramolecular Hbond substituents is 1. The second-order valence-electron chi connectivity index (χ2n) is 10.1. The Bertz CT molecular complexity index is 651. The summed E-state index contributed by atoms with van der Waals surface area (Å²) in [5.74, 6) is 2.29. The molecule has 1 aromatic rings. The van der Waals surface area contributed by atoms with Crippen molar-refractivity contribution in [2.75, 3.05) is 0 Å². The maximum absolute atomic E-state index is 9.77. The molecule has 2 aliphatic carbocycles. The maximum Gasteiger partial charge on any atom is 0.115 e. The zero-order chi connectivity index (χ0) is 18.6. The van der Waals surface area contributed by atoms with Crippen molar-refractivity contribution in [2.45, 2.75) is 73.1 Å². The average molecular weight is 341 g/mol. The second-order valence-corrected chi connectivity index (χ2v) is 10.1. The van der Waals surface area contributed by atoms with Crippen molar-refractivity contribution >= 4 is 0 Å². The lowest BCUT2D eigenvalue weighted by Gasteiger charge is -2.55. The summed E-state index contributed by atoms with van der Waals surface area (Å²) in [4.78, 5) is 0. The molecule has 0 aromatic heterocycles. The molecule has 4 unspecified atom stereocenters. The Kier molecular flexibility index (Phi) is 4.37. The molecule has 3 rings (SSSR count). The van der Waals surface area contributed by atoms with Gasteiger partial charge in [0.15, 0.2) is 0 Å². The highest BCUT2D eigenvalue weighted by Gasteiger charge is 2.68. The normalized spacial score (nSPS) is 36.0. The molecular formula is C24H36O. The summed E-state index contributed by atoms with van der Waals surface area (Å²) in [5, 5.41) is 9.77. The highest BCUT2D eigenvalue weighted by atomic mass is 16.3. The fraction of sp³-hybridized carbons (Fsp3) is 0.667. The van der Waals surface area contributed by atoms with Crippen LogP contribution in [0.3, 0.4) is 0 Å². The van der Waals surface area contributed by atoms with Crippen molar-refractivity contribution in [3.8, 4) is 5.75 Å². The highest BCUT2D eigenvalue weighted by molar-refractivity contribution is 5.34. The molecule has 138 valence electrons. The van der Waals surface area contributed by atoms with Gasteiger partial charge in [-0.2, -0.15) is 0 Å². The van der Waals surface area contributed by atoms with Gasteiger partial charge in [0, 0.05) is 0 Å². The number of rotatable bonds is 3. The third-order valence-electron chi connectivity index (χ3n) is 8.42. The molecule has 0 radical (unpaired) electrons. The van der Waals surface area contributed by atoms with E-state index in [0.717, 1.165) is 6.42 Å². The van der Waals surface area contributed by atoms with E-state index in [1.54, 1.807) is 0 Å². The zero-order valence-corrected chi connectivity index (χ0v) is 17.0. The first-order valence-electron chi connectivity index (χ1n) is 9.98. The molecule has 0 saturated heterocycles. The molecule has 0 spiro atoms. The third kappa shape index (κ3) is 2.49. The Morgan fingerprint density at radius 1 is 1.12 bits per heavy atom. The molecule has 0 aliphatic heterocycles. The molecule has 2 aliphatic rings. The van der Waals surface area contributed by atoms with Gasteiger partial charge in [0.25, 0.3) is 0 Å². The highest BCUT2D eigenvalue weighted by Crippen LogP contribution is 2.76. The quantitative estimate of drug-likeness (QED) is 0.591. The number of aromatic hydroxyl groups is 1. The van der Waals surface area contributed by atoms with Gasteiger partial charge >= 0.3 is 0 Å². The second kappa shape index (κ2) is 5.89. The fourth-order valence-electron chi connectivity index (χ4n) is 7.00. The number of hydrogen-bond donors (Lipinski definition) is 1. The topological polar surface area (TPSA) is 20.2 Å². The van der Waals surface area contributed by atoms with E-state index in [2.05, 4.69) is 60.3 Å². The van der Waals surface area contributed by atoms with Gasteiger partial charge in [-0.25, -0.2) is 0 Å². The van der Waals surface area contributed by atoms with Crippen LogP contribution in [0.1, 0.15) is 78.7 Å². The average Bonchev–Trinajstić information content (AvgIpc) is 2.64. The van der Waals surface area contributed by atoms with Crippen LogP contribution in [0.2, 0.25) is 0 Å². The summed E-state index contributed by atoms with van der Waals surface area (Å²) in [6, 6.07) is 8.05. The molecule has 1 aromatic carbocycles. The molecule has 2 saturated carbocycles. The molecule has 4 atom stereocenters. The first kappa shape index (κ1) is 18.5. The van der Waals surface area contributed by atoms with E-state index >= 15 is 0 Å². The Morgan fingerprint density at radius 2 is 1.72 bits per heavy atom. The van der Waals surface area contributed by atoms with Gasteiger partial charge in [0.05, 0.1) is 0 Å². The van der Waals surface area contributed by atoms with Crippen LogP contribution in [0.25, 0.3) is 0 Å². The Hall–Kier alpha value is -1.24. The van der Waals surface area contributed by atoms with E-state index in [0.29, 0.717) is 28.9 Å². The molecule has 0 heterocycles. The van der Waals surface area contributed by atoms with Crippen molar-refractivity contribution in [1.29, 1.82) is 0 Å². The predicted molar refractivity (Wildman–Crippen MR) is 107 cm³/mol. The number of allylic oxidation sites excluding steroid dienone is 1. The van der Waals surface area contributed by atoms with E-state index in [-0.39, 0.29) is 10.8 Å². The number of benzene rings is 1. The van der Waals surface area contributed by atoms with Crippen molar-refractivity contribution in [3.63, 3.8) is 0 Å². The van der Waals surface area contributed by atoms with E-state index in [1.807, 2.05) is 12.1 Å². The Balaban J connectivity index is 2.21. The van der Waals surface area contributed by atoms with E-state index in [4.69, 9.17) is 0 Å². The van der Waals surface area contributed by atoms with Crippen LogP contribution < -0.4 is 0 Å². The van der Waals surface area contributed by atoms with Gasteiger partial charge in [-0.3, -0.25) is 0 Å². The van der Waals surface area contributed by atoms with E-state index in [9.17, 15) is 5.11 Å². The number of phenols is 1. The molecule has 0 amide bonds. The standard InChI is InChI=1S/C24H36O/c1-16(2)15-24-20(18-11-13-19(25)14-12-18)9-8-10-21(24)22(4,5)17(3)23(24,6)7/h11-14,17,20-21,25H,1,8-10,15H2,2-7H3. The first-order valence-corrected chi connectivity index (χ1v) is 9.98. The third-order valence-corrected chi connectivity index (χ3v) is 8.42. The van der Waals surface area contributed by atoms with Crippen molar-refractivity contribution in [1.82, 2.24) is 0 Å². The summed E-state index contributed by atoms with van der Waals surface area (Å²) in [7, 11) is 0. The van der Waals surface area contributed by atoms with Crippen LogP contribution in [-0.4, -0.2) is 5.11 Å². The van der Waals surface area contributed by atoms with Crippen molar-refractivity contribution in [3.05, 3.63) is 42.0 Å². The lowest BCUT2D eigenvalue weighted by Crippen LogP contribution is -2.47. The summed E-state index contributed by atoms with van der Waals surface area (Å²) in [6.07, 6.45) is 5.01. The summed E-state index contributed by atoms with van der Waals surface area (Å²) in [6.45, 7) is 19.1. The lowest BCUT2D eigenvalue weighted by atomic mass is 9.48. The lowest BCUT2D eigenvalue weighted by molar-refractivity contribution is -0.0209. The number of hydrogen-bond acceptors (Lipinski definition) is 1. The largest absolute Gasteiger partial charge is 0.508 e. The van der Waals surface area contributed by atoms with Gasteiger partial charge in [0.2, 0.25) is 0 Å². The summed E-state index contributed by atoms with van der Waals surface area (Å²) in [5.41, 5.74) is 3.56. The van der Waals surface area contributed by atoms with Gasteiger partial charge in [-0.05, 0) is 77.9 Å². The molecule has 1 heteroatoms. The van der Waals surface area contributed by atoms with Crippen LogP contribution in [0.15, 0.2) is 36.4 Å². The Labute approximate surface area is 154 Å². The monoisotopic (exact) mass is 340 g/mol. The molecule has 2 fully saturated rings. The minimum Gasteiger partial charge on any atom is -0.508 e. The van der Waals surface area contributed by atoms with Gasteiger partial charge in [-0.1, -0.05) is 58.7 Å². The summed E-state index contributed by atoms with van der Waals surface area (Å²) < 4.78 is 0. The minimum absolute atomic E-state index is 0.247. The zero-order valence-electron chi connectivity index (χ0n) is 17.0. The Morgan fingerprint density at radius 3 is 2.28 bits per heavy atom. The summed E-state index contributed by atoms with van der Waals surface area (Å²) >= 11 is 0. The molecular weight excluding hydrogens is 304 g/mol. The van der Waals surface area contributed by atoms with Crippen LogP contribution in [0.4, 0.5) is 0 Å². The van der Waals surface area contributed by atoms with Crippen LogP contribution in [0, 0.1) is 28.1 Å². The van der Waals surface area contributed by atoms with Crippen molar-refractivity contribution in [2.24, 2.45) is 28.1 Å². The van der Waals surface area contributed by atoms with Gasteiger partial charge < -0.3 is 5.11 Å². The van der Waals surface area contributed by atoms with E-state index in [1.165, 1.54) is 30.4 Å². The minimum atomic E-state index is 0.247. The van der Waals surface area contributed by atoms with Crippen molar-refractivity contribution < 1.29 is 5.11 Å². The van der Waals surface area contributed by atoms with E-state index < -0.39 is 0 Å². The maximum atomic E-state index is 9.77. The fourth-order valence-corrected chi connectivity index (χ4v) is 7.00.